The van der Waals surface area contributed by atoms with E-state index in [9.17, 15) is 4.79 Å². The molecule has 1 saturated carbocycles. The van der Waals surface area contributed by atoms with Gasteiger partial charge in [-0.3, -0.25) is 4.79 Å². The minimum Gasteiger partial charge on any atom is -0.393 e. The Bertz CT molecular complexity index is 214. The highest BCUT2D eigenvalue weighted by atomic mass is 32.1. The van der Waals surface area contributed by atoms with E-state index in [0.717, 1.165) is 19.0 Å². The Kier molecular flexibility index (Phi) is 3.66. The van der Waals surface area contributed by atoms with Crippen molar-refractivity contribution in [1.29, 1.82) is 0 Å². The van der Waals surface area contributed by atoms with E-state index < -0.39 is 0 Å². The summed E-state index contributed by atoms with van der Waals surface area (Å²) in [6.45, 7) is 3.63. The number of carbonyl (C=O) groups excluding carboxylic acids is 1. The van der Waals surface area contributed by atoms with Crippen molar-refractivity contribution in [3.63, 3.8) is 0 Å². The van der Waals surface area contributed by atoms with Gasteiger partial charge in [-0.05, 0) is 25.7 Å². The molecule has 1 amide bonds. The Morgan fingerprint density at radius 1 is 1.62 bits per heavy atom. The molecule has 0 radical (unpaired) electrons. The van der Waals surface area contributed by atoms with Crippen molar-refractivity contribution in [2.45, 2.75) is 26.2 Å². The summed E-state index contributed by atoms with van der Waals surface area (Å²) in [6.07, 6.45) is 2.74. The maximum atomic E-state index is 11.5. The lowest BCUT2D eigenvalue weighted by Crippen LogP contribution is -2.34. The van der Waals surface area contributed by atoms with E-state index in [-0.39, 0.29) is 12.3 Å². The molecule has 0 aromatic heterocycles. The van der Waals surface area contributed by atoms with E-state index in [1.807, 2.05) is 11.8 Å². The number of hydrogen-bond donors (Lipinski definition) is 1. The SMILES string of the molecule is CCN(CC1CC1)C(=O)CC(N)=S. The molecule has 13 heavy (non-hydrogen) atoms. The fraction of sp³-hybridized carbons (Fsp3) is 0.778. The van der Waals surface area contributed by atoms with Crippen molar-refractivity contribution in [2.24, 2.45) is 11.7 Å². The molecule has 1 fully saturated rings. The number of amides is 1. The first-order valence-corrected chi connectivity index (χ1v) is 5.10. The van der Waals surface area contributed by atoms with Gasteiger partial charge in [-0.2, -0.15) is 0 Å². The molecular weight excluding hydrogens is 184 g/mol. The fourth-order valence-corrected chi connectivity index (χ4v) is 1.40. The summed E-state index contributed by atoms with van der Waals surface area (Å²) in [7, 11) is 0. The third-order valence-corrected chi connectivity index (χ3v) is 2.38. The van der Waals surface area contributed by atoms with Crippen molar-refractivity contribution in [3.8, 4) is 0 Å². The zero-order valence-electron chi connectivity index (χ0n) is 7.95. The van der Waals surface area contributed by atoms with E-state index in [0.29, 0.717) is 4.99 Å². The molecule has 1 aliphatic carbocycles. The molecule has 1 aliphatic rings. The zero-order valence-corrected chi connectivity index (χ0v) is 8.77. The number of hydrogen-bond acceptors (Lipinski definition) is 2. The molecule has 0 spiro atoms. The fourth-order valence-electron chi connectivity index (χ4n) is 1.28. The van der Waals surface area contributed by atoms with E-state index >= 15 is 0 Å². The van der Waals surface area contributed by atoms with Gasteiger partial charge >= 0.3 is 0 Å². The van der Waals surface area contributed by atoms with E-state index in [4.69, 9.17) is 18.0 Å². The standard InChI is InChI=1S/C9H16N2OS/c1-2-11(6-7-3-4-7)9(12)5-8(10)13/h7H,2-6H2,1H3,(H2,10,13). The van der Waals surface area contributed by atoms with Crippen molar-refractivity contribution >= 4 is 23.1 Å². The van der Waals surface area contributed by atoms with Crippen LogP contribution in [0.5, 0.6) is 0 Å². The van der Waals surface area contributed by atoms with Crippen LogP contribution in [0.2, 0.25) is 0 Å². The Balaban J connectivity index is 2.34. The second-order valence-electron chi connectivity index (χ2n) is 3.52. The maximum absolute atomic E-state index is 11.5. The average Bonchev–Trinajstić information content (AvgIpc) is 2.81. The lowest BCUT2D eigenvalue weighted by molar-refractivity contribution is -0.129. The summed E-state index contributed by atoms with van der Waals surface area (Å²) < 4.78 is 0. The normalized spacial score (nSPS) is 15.5. The Hall–Kier alpha value is -0.640. The maximum Gasteiger partial charge on any atom is 0.229 e. The smallest absolute Gasteiger partial charge is 0.229 e. The van der Waals surface area contributed by atoms with Crippen molar-refractivity contribution in [1.82, 2.24) is 4.90 Å². The quantitative estimate of drug-likeness (QED) is 0.671. The first-order chi connectivity index (χ1) is 6.13. The summed E-state index contributed by atoms with van der Waals surface area (Å²) in [5, 5.41) is 0. The van der Waals surface area contributed by atoms with Gasteiger partial charge in [0.15, 0.2) is 0 Å². The van der Waals surface area contributed by atoms with Gasteiger partial charge in [0.05, 0.1) is 11.4 Å². The number of nitrogens with zero attached hydrogens (tertiary/aromatic N) is 1. The second kappa shape index (κ2) is 4.56. The highest BCUT2D eigenvalue weighted by Crippen LogP contribution is 2.29. The molecule has 4 heteroatoms. The predicted molar refractivity (Wildman–Crippen MR) is 56.4 cm³/mol. The molecule has 0 aromatic carbocycles. The van der Waals surface area contributed by atoms with E-state index in [1.165, 1.54) is 12.8 Å². The van der Waals surface area contributed by atoms with Crippen LogP contribution in [0.25, 0.3) is 0 Å². The Morgan fingerprint density at radius 3 is 2.62 bits per heavy atom. The van der Waals surface area contributed by atoms with Gasteiger partial charge in [0.2, 0.25) is 5.91 Å². The molecule has 0 bridgehead atoms. The molecular formula is C9H16N2OS. The van der Waals surface area contributed by atoms with Gasteiger partial charge in [0, 0.05) is 13.1 Å². The summed E-state index contributed by atoms with van der Waals surface area (Å²) in [6, 6.07) is 0. The molecule has 74 valence electrons. The predicted octanol–water partition coefficient (Wildman–Crippen LogP) is 0.921. The minimum absolute atomic E-state index is 0.0712. The number of rotatable bonds is 5. The Labute approximate surface area is 84.3 Å². The average molecular weight is 200 g/mol. The van der Waals surface area contributed by atoms with Gasteiger partial charge in [0.1, 0.15) is 0 Å². The van der Waals surface area contributed by atoms with Gasteiger partial charge in [-0.15, -0.1) is 0 Å². The third-order valence-electron chi connectivity index (χ3n) is 2.24. The first-order valence-electron chi connectivity index (χ1n) is 4.69. The van der Waals surface area contributed by atoms with Crippen molar-refractivity contribution < 1.29 is 4.79 Å². The van der Waals surface area contributed by atoms with Crippen LogP contribution in [-0.2, 0) is 4.79 Å². The van der Waals surface area contributed by atoms with Crippen LogP contribution < -0.4 is 5.73 Å². The summed E-state index contributed by atoms with van der Waals surface area (Å²) in [4.78, 5) is 13.6. The van der Waals surface area contributed by atoms with Gasteiger partial charge in [-0.25, -0.2) is 0 Å². The molecule has 0 aliphatic heterocycles. The lowest BCUT2D eigenvalue weighted by Gasteiger charge is -2.20. The van der Waals surface area contributed by atoms with Crippen LogP contribution in [-0.4, -0.2) is 28.9 Å². The summed E-state index contributed by atoms with van der Waals surface area (Å²) in [5.74, 6) is 0.803. The van der Waals surface area contributed by atoms with Crippen LogP contribution in [0.15, 0.2) is 0 Å². The van der Waals surface area contributed by atoms with Crippen LogP contribution in [0, 0.1) is 5.92 Å². The summed E-state index contributed by atoms with van der Waals surface area (Å²) in [5.41, 5.74) is 5.32. The second-order valence-corrected chi connectivity index (χ2v) is 4.04. The highest BCUT2D eigenvalue weighted by Gasteiger charge is 2.25. The largest absolute Gasteiger partial charge is 0.393 e. The third kappa shape index (κ3) is 3.72. The monoisotopic (exact) mass is 200 g/mol. The molecule has 0 unspecified atom stereocenters. The molecule has 0 saturated heterocycles. The molecule has 2 N–H and O–H groups in total. The van der Waals surface area contributed by atoms with E-state index in [1.54, 1.807) is 0 Å². The van der Waals surface area contributed by atoms with Crippen LogP contribution in [0.3, 0.4) is 0 Å². The van der Waals surface area contributed by atoms with E-state index in [2.05, 4.69) is 0 Å². The van der Waals surface area contributed by atoms with Gasteiger partial charge in [0.25, 0.3) is 0 Å². The van der Waals surface area contributed by atoms with Gasteiger partial charge < -0.3 is 10.6 Å². The summed E-state index contributed by atoms with van der Waals surface area (Å²) >= 11 is 4.70. The molecule has 0 heterocycles. The lowest BCUT2D eigenvalue weighted by atomic mass is 10.3. The van der Waals surface area contributed by atoms with Crippen molar-refractivity contribution in [3.05, 3.63) is 0 Å². The molecule has 0 aromatic rings. The minimum atomic E-state index is 0.0712. The van der Waals surface area contributed by atoms with Crippen LogP contribution in [0.1, 0.15) is 26.2 Å². The topological polar surface area (TPSA) is 46.3 Å². The first kappa shape index (κ1) is 10.4. The van der Waals surface area contributed by atoms with Crippen LogP contribution in [0.4, 0.5) is 0 Å². The zero-order chi connectivity index (χ0) is 9.84. The van der Waals surface area contributed by atoms with Gasteiger partial charge in [-0.1, -0.05) is 12.2 Å². The molecule has 0 atom stereocenters. The molecule has 1 rings (SSSR count). The van der Waals surface area contributed by atoms with Crippen molar-refractivity contribution in [2.75, 3.05) is 13.1 Å². The highest BCUT2D eigenvalue weighted by molar-refractivity contribution is 7.80. The Morgan fingerprint density at radius 2 is 2.23 bits per heavy atom. The number of carbonyl (C=O) groups is 1. The number of thiocarbonyl (C=S) groups is 1. The molecule has 3 nitrogen and oxygen atoms in total. The van der Waals surface area contributed by atoms with Crippen LogP contribution >= 0.6 is 12.2 Å². The number of nitrogens with two attached hydrogens (primary N) is 1.